The van der Waals surface area contributed by atoms with Crippen molar-refractivity contribution in [3.05, 3.63) is 66.7 Å². The molecule has 0 atom stereocenters. The molecule has 0 saturated heterocycles. The molecule has 0 heterocycles. The number of phenolic OH excluding ortho intramolecular Hbond substituents is 2. The van der Waals surface area contributed by atoms with Gasteiger partial charge in [-0.2, -0.15) is 0 Å². The van der Waals surface area contributed by atoms with Crippen LogP contribution in [0.3, 0.4) is 0 Å². The Balaban J connectivity index is 2.13. The van der Waals surface area contributed by atoms with Crippen LogP contribution in [0.1, 0.15) is 0 Å². The van der Waals surface area contributed by atoms with Gasteiger partial charge in [0.25, 0.3) is 0 Å². The first kappa shape index (κ1) is 15.2. The van der Waals surface area contributed by atoms with Crippen molar-refractivity contribution in [1.29, 1.82) is 0 Å². The second kappa shape index (κ2) is 6.16. The highest BCUT2D eigenvalue weighted by atomic mass is 16.4. The van der Waals surface area contributed by atoms with E-state index in [0.29, 0.717) is 5.46 Å². The van der Waals surface area contributed by atoms with Gasteiger partial charge in [0.05, 0.1) is 0 Å². The normalized spacial score (nSPS) is 10.5. The van der Waals surface area contributed by atoms with E-state index in [4.69, 9.17) is 0 Å². The van der Waals surface area contributed by atoms with E-state index in [1.807, 2.05) is 6.07 Å². The molecule has 0 aliphatic carbocycles. The Morgan fingerprint density at radius 1 is 0.522 bits per heavy atom. The molecule has 0 aromatic heterocycles. The van der Waals surface area contributed by atoms with Gasteiger partial charge in [-0.05, 0) is 58.0 Å². The second-order valence-corrected chi connectivity index (χ2v) is 5.31. The zero-order chi connectivity index (χ0) is 16.4. The second-order valence-electron chi connectivity index (χ2n) is 5.31. The quantitative estimate of drug-likeness (QED) is 0.559. The van der Waals surface area contributed by atoms with E-state index in [0.717, 1.165) is 22.3 Å². The molecular weight excluding hydrogens is 291 g/mol. The Kier molecular flexibility index (Phi) is 4.06. The Morgan fingerprint density at radius 3 is 1.26 bits per heavy atom. The average molecular weight is 306 g/mol. The van der Waals surface area contributed by atoms with E-state index in [1.54, 1.807) is 60.7 Å². The van der Waals surface area contributed by atoms with Crippen LogP contribution < -0.4 is 5.46 Å². The van der Waals surface area contributed by atoms with E-state index in [1.165, 1.54) is 0 Å². The molecule has 3 aromatic carbocycles. The van der Waals surface area contributed by atoms with Gasteiger partial charge in [-0.1, -0.05) is 36.4 Å². The van der Waals surface area contributed by atoms with Crippen LogP contribution in [0.5, 0.6) is 11.5 Å². The van der Waals surface area contributed by atoms with Crippen molar-refractivity contribution in [1.82, 2.24) is 0 Å². The molecule has 114 valence electrons. The van der Waals surface area contributed by atoms with Gasteiger partial charge in [0.1, 0.15) is 11.5 Å². The van der Waals surface area contributed by atoms with Crippen LogP contribution in [0, 0.1) is 0 Å². The number of rotatable bonds is 3. The Labute approximate surface area is 134 Å². The standard InChI is InChI=1S/C18H15BO4/c20-17-5-1-12(2-6-17)14-9-15(11-16(10-14)19(22)23)13-3-7-18(21)8-4-13/h1-11,20-23H. The summed E-state index contributed by atoms with van der Waals surface area (Å²) in [6, 6.07) is 18.7. The van der Waals surface area contributed by atoms with Crippen LogP contribution in [0.4, 0.5) is 0 Å². The van der Waals surface area contributed by atoms with Crippen molar-refractivity contribution < 1.29 is 20.3 Å². The molecule has 0 aliphatic heterocycles. The SMILES string of the molecule is OB(O)c1cc(-c2ccc(O)cc2)cc(-c2ccc(O)cc2)c1. The molecule has 0 bridgehead atoms. The summed E-state index contributed by atoms with van der Waals surface area (Å²) < 4.78 is 0. The summed E-state index contributed by atoms with van der Waals surface area (Å²) in [4.78, 5) is 0. The van der Waals surface area contributed by atoms with Crippen LogP contribution >= 0.6 is 0 Å². The number of phenols is 2. The molecule has 0 radical (unpaired) electrons. The summed E-state index contributed by atoms with van der Waals surface area (Å²) in [6.07, 6.45) is 0. The number of hydrogen-bond acceptors (Lipinski definition) is 4. The predicted octanol–water partition coefficient (Wildman–Crippen LogP) is 2.11. The maximum atomic E-state index is 9.53. The molecule has 0 spiro atoms. The summed E-state index contributed by atoms with van der Waals surface area (Å²) in [6.45, 7) is 0. The van der Waals surface area contributed by atoms with E-state index in [2.05, 4.69) is 0 Å². The fraction of sp³-hybridized carbons (Fsp3) is 0. The van der Waals surface area contributed by atoms with Crippen LogP contribution in [-0.2, 0) is 0 Å². The molecule has 0 unspecified atom stereocenters. The lowest BCUT2D eigenvalue weighted by Gasteiger charge is -2.10. The fourth-order valence-corrected chi connectivity index (χ4v) is 2.44. The van der Waals surface area contributed by atoms with Gasteiger partial charge in [0.15, 0.2) is 0 Å². The maximum absolute atomic E-state index is 9.53. The van der Waals surface area contributed by atoms with Crippen molar-refractivity contribution in [2.24, 2.45) is 0 Å². The first-order chi connectivity index (χ1) is 11.0. The smallest absolute Gasteiger partial charge is 0.488 e. The van der Waals surface area contributed by atoms with Crippen LogP contribution in [-0.4, -0.2) is 27.4 Å². The lowest BCUT2D eigenvalue weighted by molar-refractivity contribution is 0.426. The highest BCUT2D eigenvalue weighted by Gasteiger charge is 2.14. The monoisotopic (exact) mass is 306 g/mol. The Bertz CT molecular complexity index is 748. The van der Waals surface area contributed by atoms with Gasteiger partial charge in [-0.15, -0.1) is 0 Å². The zero-order valence-corrected chi connectivity index (χ0v) is 12.2. The van der Waals surface area contributed by atoms with Crippen LogP contribution in [0.25, 0.3) is 22.3 Å². The Morgan fingerprint density at radius 2 is 0.913 bits per heavy atom. The van der Waals surface area contributed by atoms with Gasteiger partial charge in [0, 0.05) is 0 Å². The highest BCUT2D eigenvalue weighted by molar-refractivity contribution is 6.58. The predicted molar refractivity (Wildman–Crippen MR) is 90.5 cm³/mol. The first-order valence-electron chi connectivity index (χ1n) is 7.13. The lowest BCUT2D eigenvalue weighted by Crippen LogP contribution is -2.29. The summed E-state index contributed by atoms with van der Waals surface area (Å²) in [7, 11) is -1.58. The van der Waals surface area contributed by atoms with Crippen LogP contribution in [0.2, 0.25) is 0 Å². The molecule has 0 amide bonds. The summed E-state index contributed by atoms with van der Waals surface area (Å²) in [5, 5.41) is 37.9. The molecule has 0 fully saturated rings. The average Bonchev–Trinajstić information content (AvgIpc) is 2.55. The highest BCUT2D eigenvalue weighted by Crippen LogP contribution is 2.27. The molecule has 23 heavy (non-hydrogen) atoms. The summed E-state index contributed by atoms with van der Waals surface area (Å²) in [5.41, 5.74) is 3.69. The minimum atomic E-state index is -1.58. The molecule has 0 aliphatic rings. The number of aromatic hydroxyl groups is 2. The van der Waals surface area contributed by atoms with Crippen LogP contribution in [0.15, 0.2) is 66.7 Å². The molecule has 5 heteroatoms. The molecular formula is C18H15BO4. The van der Waals surface area contributed by atoms with E-state index >= 15 is 0 Å². The first-order valence-corrected chi connectivity index (χ1v) is 7.13. The van der Waals surface area contributed by atoms with E-state index in [-0.39, 0.29) is 11.5 Å². The maximum Gasteiger partial charge on any atom is 0.488 e. The minimum absolute atomic E-state index is 0.172. The van der Waals surface area contributed by atoms with E-state index < -0.39 is 7.12 Å². The fourth-order valence-electron chi connectivity index (χ4n) is 2.44. The van der Waals surface area contributed by atoms with Crippen molar-refractivity contribution in [2.75, 3.05) is 0 Å². The molecule has 3 rings (SSSR count). The third-order valence-corrected chi connectivity index (χ3v) is 3.65. The zero-order valence-electron chi connectivity index (χ0n) is 12.2. The van der Waals surface area contributed by atoms with Gasteiger partial charge >= 0.3 is 7.12 Å². The Hall–Kier alpha value is -2.76. The van der Waals surface area contributed by atoms with Gasteiger partial charge in [0.2, 0.25) is 0 Å². The lowest BCUT2D eigenvalue weighted by atomic mass is 9.77. The number of benzene rings is 3. The van der Waals surface area contributed by atoms with Gasteiger partial charge < -0.3 is 20.3 Å². The van der Waals surface area contributed by atoms with E-state index in [9.17, 15) is 20.3 Å². The topological polar surface area (TPSA) is 80.9 Å². The summed E-state index contributed by atoms with van der Waals surface area (Å²) in [5.74, 6) is 0.344. The molecule has 4 N–H and O–H groups in total. The molecule has 0 saturated carbocycles. The number of hydrogen-bond donors (Lipinski definition) is 4. The van der Waals surface area contributed by atoms with Crippen molar-refractivity contribution in [3.8, 4) is 33.8 Å². The molecule has 3 aromatic rings. The summed E-state index contributed by atoms with van der Waals surface area (Å²) >= 11 is 0. The molecule has 4 nitrogen and oxygen atoms in total. The van der Waals surface area contributed by atoms with Crippen molar-refractivity contribution in [2.45, 2.75) is 0 Å². The van der Waals surface area contributed by atoms with Crippen molar-refractivity contribution >= 4 is 12.6 Å². The van der Waals surface area contributed by atoms with Gasteiger partial charge in [-0.3, -0.25) is 0 Å². The minimum Gasteiger partial charge on any atom is -0.508 e. The largest absolute Gasteiger partial charge is 0.508 e. The van der Waals surface area contributed by atoms with Crippen molar-refractivity contribution in [3.63, 3.8) is 0 Å². The third kappa shape index (κ3) is 3.36. The third-order valence-electron chi connectivity index (χ3n) is 3.65. The van der Waals surface area contributed by atoms with Gasteiger partial charge in [-0.25, -0.2) is 0 Å².